The molecule has 0 saturated heterocycles. The van der Waals surface area contributed by atoms with Crippen molar-refractivity contribution in [2.75, 3.05) is 33.3 Å². The van der Waals surface area contributed by atoms with Crippen molar-refractivity contribution in [1.82, 2.24) is 10.6 Å². The molecular weight excluding hydrogens is 396 g/mol. The predicted molar refractivity (Wildman–Crippen MR) is 127 cm³/mol. The van der Waals surface area contributed by atoms with E-state index in [-0.39, 0.29) is 18.1 Å². The summed E-state index contributed by atoms with van der Waals surface area (Å²) in [4.78, 5) is 11.1. The van der Waals surface area contributed by atoms with Crippen molar-refractivity contribution < 1.29 is 19.7 Å². The Morgan fingerprint density at radius 3 is 1.71 bits per heavy atom. The zero-order valence-electron chi connectivity index (χ0n) is 20.0. The highest BCUT2D eigenvalue weighted by molar-refractivity contribution is 5.68. The summed E-state index contributed by atoms with van der Waals surface area (Å²) in [6.45, 7) is 4.38. The molecular formula is C23H50N4O4. The molecule has 4 atom stereocenters. The fourth-order valence-corrected chi connectivity index (χ4v) is 3.86. The summed E-state index contributed by atoms with van der Waals surface area (Å²) in [5.74, 6) is -0.157. The van der Waals surface area contributed by atoms with Gasteiger partial charge in [0, 0.05) is 44.7 Å². The van der Waals surface area contributed by atoms with Crippen LogP contribution in [0.1, 0.15) is 84.0 Å². The van der Waals surface area contributed by atoms with Crippen LogP contribution in [0.2, 0.25) is 0 Å². The molecule has 0 heterocycles. The van der Waals surface area contributed by atoms with Crippen molar-refractivity contribution in [1.29, 1.82) is 0 Å². The summed E-state index contributed by atoms with van der Waals surface area (Å²) in [5, 5.41) is 28.5. The second-order valence-electron chi connectivity index (χ2n) is 8.41. The van der Waals surface area contributed by atoms with Gasteiger partial charge in [0.15, 0.2) is 0 Å². The third-order valence-corrected chi connectivity index (χ3v) is 5.77. The van der Waals surface area contributed by atoms with Gasteiger partial charge in [-0.05, 0) is 19.3 Å². The molecule has 4 unspecified atom stereocenters. The number of nitrogens with two attached hydrogens (primary N) is 2. The van der Waals surface area contributed by atoms with Gasteiger partial charge in [-0.1, -0.05) is 58.3 Å². The molecule has 0 aliphatic heterocycles. The number of rotatable bonds is 22. The average Bonchev–Trinajstić information content (AvgIpc) is 2.78. The van der Waals surface area contributed by atoms with Gasteiger partial charge in [-0.25, -0.2) is 0 Å². The lowest BCUT2D eigenvalue weighted by molar-refractivity contribution is -0.140. The van der Waals surface area contributed by atoms with Gasteiger partial charge in [0.1, 0.15) is 0 Å². The maximum absolute atomic E-state index is 11.1. The Morgan fingerprint density at radius 2 is 1.26 bits per heavy atom. The highest BCUT2D eigenvalue weighted by Crippen LogP contribution is 2.17. The molecule has 186 valence electrons. The van der Waals surface area contributed by atoms with Gasteiger partial charge in [-0.15, -0.1) is 0 Å². The van der Waals surface area contributed by atoms with E-state index >= 15 is 0 Å². The van der Waals surface area contributed by atoms with Crippen molar-refractivity contribution in [2.24, 2.45) is 11.5 Å². The number of hydrogen-bond donors (Lipinski definition) is 6. The van der Waals surface area contributed by atoms with Crippen LogP contribution >= 0.6 is 0 Å². The van der Waals surface area contributed by atoms with Gasteiger partial charge in [-0.3, -0.25) is 4.79 Å². The smallest absolute Gasteiger partial charge is 0.305 e. The minimum Gasteiger partial charge on any atom is -0.469 e. The molecule has 0 aliphatic carbocycles. The van der Waals surface area contributed by atoms with Gasteiger partial charge in [0.2, 0.25) is 0 Å². The van der Waals surface area contributed by atoms with Crippen LogP contribution in [-0.4, -0.2) is 73.8 Å². The van der Waals surface area contributed by atoms with Gasteiger partial charge in [-0.2, -0.15) is 0 Å². The second-order valence-corrected chi connectivity index (χ2v) is 8.41. The quantitative estimate of drug-likeness (QED) is 0.108. The summed E-state index contributed by atoms with van der Waals surface area (Å²) in [6, 6.07) is -0.373. The Hall–Kier alpha value is -0.770. The van der Waals surface area contributed by atoms with Crippen molar-refractivity contribution in [3.05, 3.63) is 0 Å². The lowest BCUT2D eigenvalue weighted by atomic mass is 9.92. The van der Waals surface area contributed by atoms with E-state index in [1.165, 1.54) is 20.0 Å². The number of methoxy groups -OCH3 is 1. The zero-order valence-corrected chi connectivity index (χ0v) is 20.0. The number of unbranched alkanes of at least 4 members (excludes halogenated alkanes) is 7. The monoisotopic (exact) mass is 446 g/mol. The summed E-state index contributed by atoms with van der Waals surface area (Å²) in [7, 11) is 1.41. The maximum Gasteiger partial charge on any atom is 0.305 e. The first-order valence-corrected chi connectivity index (χ1v) is 12.3. The molecule has 0 aromatic rings. The highest BCUT2D eigenvalue weighted by Gasteiger charge is 2.31. The number of carbonyl (C=O) groups is 1. The molecule has 0 bridgehead atoms. The molecule has 0 fully saturated rings. The first-order valence-electron chi connectivity index (χ1n) is 12.3. The number of nitrogens with one attached hydrogen (secondary N) is 2. The number of aliphatic hydroxyl groups is 2. The lowest BCUT2D eigenvalue weighted by Crippen LogP contribution is -2.55. The van der Waals surface area contributed by atoms with E-state index in [4.69, 9.17) is 11.5 Å². The average molecular weight is 447 g/mol. The highest BCUT2D eigenvalue weighted by atomic mass is 16.5. The number of hydrogen-bond acceptors (Lipinski definition) is 8. The maximum atomic E-state index is 11.1. The molecule has 0 radical (unpaired) electrons. The van der Waals surface area contributed by atoms with Crippen LogP contribution in [0.5, 0.6) is 0 Å². The molecule has 8 nitrogen and oxygen atoms in total. The zero-order chi connectivity index (χ0) is 23.3. The second kappa shape index (κ2) is 21.1. The summed E-state index contributed by atoms with van der Waals surface area (Å²) < 4.78 is 4.65. The molecule has 0 spiro atoms. The lowest BCUT2D eigenvalue weighted by Gasteiger charge is -2.33. The van der Waals surface area contributed by atoms with Crippen molar-refractivity contribution >= 4 is 5.97 Å². The molecule has 0 aromatic carbocycles. The van der Waals surface area contributed by atoms with Crippen LogP contribution in [0.25, 0.3) is 0 Å². The topological polar surface area (TPSA) is 143 Å². The largest absolute Gasteiger partial charge is 0.469 e. The van der Waals surface area contributed by atoms with Crippen LogP contribution in [0.15, 0.2) is 0 Å². The fourth-order valence-electron chi connectivity index (χ4n) is 3.86. The Kier molecular flexibility index (Phi) is 20.6. The Labute approximate surface area is 189 Å². The van der Waals surface area contributed by atoms with Crippen molar-refractivity contribution in [3.8, 4) is 0 Å². The van der Waals surface area contributed by atoms with Gasteiger partial charge in [0.25, 0.3) is 0 Å². The summed E-state index contributed by atoms with van der Waals surface area (Å²) in [5.41, 5.74) is 11.3. The number of carbonyl (C=O) groups excluding carboxylic acids is 1. The first-order chi connectivity index (χ1) is 15.0. The minimum atomic E-state index is -0.868. The van der Waals surface area contributed by atoms with E-state index in [1.54, 1.807) is 0 Å². The van der Waals surface area contributed by atoms with E-state index in [1.807, 2.05) is 0 Å². The Bertz CT molecular complexity index is 415. The normalized spacial score (nSPS) is 15.4. The van der Waals surface area contributed by atoms with E-state index < -0.39 is 12.2 Å². The van der Waals surface area contributed by atoms with Crippen molar-refractivity contribution in [3.63, 3.8) is 0 Å². The third-order valence-electron chi connectivity index (χ3n) is 5.77. The van der Waals surface area contributed by atoms with Crippen LogP contribution < -0.4 is 22.1 Å². The molecule has 8 heteroatoms. The third kappa shape index (κ3) is 15.6. The predicted octanol–water partition coefficient (Wildman–Crippen LogP) is 1.42. The van der Waals surface area contributed by atoms with Gasteiger partial charge in [0.05, 0.1) is 19.3 Å². The molecule has 0 saturated carbocycles. The molecule has 0 aliphatic rings. The van der Waals surface area contributed by atoms with E-state index in [0.29, 0.717) is 32.6 Å². The number of ether oxygens (including phenoxy) is 1. The molecule has 31 heavy (non-hydrogen) atoms. The number of aliphatic hydroxyl groups excluding tert-OH is 2. The summed E-state index contributed by atoms with van der Waals surface area (Å²) in [6.07, 6.45) is 9.68. The SMILES string of the molecule is CCCCCCC(NCCN)C(O)C(O)C(CCCCCCCC(=O)OC)NCCN. The molecule has 8 N–H and O–H groups in total. The Morgan fingerprint density at radius 1 is 0.806 bits per heavy atom. The number of esters is 1. The van der Waals surface area contributed by atoms with Gasteiger partial charge >= 0.3 is 5.97 Å². The van der Waals surface area contributed by atoms with Crippen LogP contribution in [0.4, 0.5) is 0 Å². The van der Waals surface area contributed by atoms with E-state index in [9.17, 15) is 15.0 Å². The van der Waals surface area contributed by atoms with Gasteiger partial charge < -0.3 is 37.1 Å². The molecule has 0 aromatic heterocycles. The van der Waals surface area contributed by atoms with Crippen LogP contribution in [0, 0.1) is 0 Å². The van der Waals surface area contributed by atoms with E-state index in [2.05, 4.69) is 22.3 Å². The Balaban J connectivity index is 4.56. The standard InChI is InChI=1S/C23H50N4O4/c1-3-4-5-9-12-19(26-17-15-24)22(29)23(30)20(27-18-16-25)13-10-7-6-8-11-14-21(28)31-2/h19-20,22-23,26-27,29-30H,3-18,24-25H2,1-2H3. The van der Waals surface area contributed by atoms with E-state index in [0.717, 1.165) is 57.8 Å². The van der Waals surface area contributed by atoms with Crippen LogP contribution in [0.3, 0.4) is 0 Å². The molecule has 0 rings (SSSR count). The first kappa shape index (κ1) is 30.2. The van der Waals surface area contributed by atoms with Crippen LogP contribution in [-0.2, 0) is 9.53 Å². The fraction of sp³-hybridized carbons (Fsp3) is 0.957. The minimum absolute atomic E-state index is 0.157. The van der Waals surface area contributed by atoms with Crippen molar-refractivity contribution in [2.45, 2.75) is 108 Å². The molecule has 0 amide bonds. The summed E-state index contributed by atoms with van der Waals surface area (Å²) >= 11 is 0.